The highest BCUT2D eigenvalue weighted by Gasteiger charge is 2.20. The summed E-state index contributed by atoms with van der Waals surface area (Å²) in [6, 6.07) is 6.68. The zero-order valence-electron chi connectivity index (χ0n) is 12.6. The van der Waals surface area contributed by atoms with Crippen molar-refractivity contribution in [2.45, 2.75) is 26.8 Å². The third kappa shape index (κ3) is 2.91. The van der Waals surface area contributed by atoms with Gasteiger partial charge in [0.25, 0.3) is 5.91 Å². The van der Waals surface area contributed by atoms with E-state index >= 15 is 0 Å². The summed E-state index contributed by atoms with van der Waals surface area (Å²) in [5.74, 6) is -1.92. The highest BCUT2D eigenvalue weighted by Crippen LogP contribution is 2.20. The first-order chi connectivity index (χ1) is 9.81. The summed E-state index contributed by atoms with van der Waals surface area (Å²) in [7, 11) is 1.79. The Balaban J connectivity index is 2.35. The number of aryl methyl sites for hydroxylation is 2. The zero-order chi connectivity index (χ0) is 15.7. The Hall–Kier alpha value is -2.30. The van der Waals surface area contributed by atoms with E-state index in [2.05, 4.69) is 5.32 Å². The molecule has 5 nitrogen and oxygen atoms in total. The molecule has 0 saturated heterocycles. The van der Waals surface area contributed by atoms with Crippen LogP contribution in [0.2, 0.25) is 0 Å². The minimum absolute atomic E-state index is 0.240. The number of carboxylic acids is 1. The van der Waals surface area contributed by atoms with Crippen molar-refractivity contribution < 1.29 is 14.7 Å². The molecular weight excluding hydrogens is 268 g/mol. The molecule has 0 unspecified atom stereocenters. The van der Waals surface area contributed by atoms with Crippen molar-refractivity contribution in [1.29, 1.82) is 0 Å². The predicted octanol–water partition coefficient (Wildman–Crippen LogP) is 0.991. The molecule has 0 aliphatic carbocycles. The van der Waals surface area contributed by atoms with Gasteiger partial charge in [-0.15, -0.1) is 0 Å². The smallest absolute Gasteiger partial charge is 0.268 e. The topological polar surface area (TPSA) is 74.2 Å². The minimum Gasteiger partial charge on any atom is -0.548 e. The van der Waals surface area contributed by atoms with Crippen LogP contribution >= 0.6 is 0 Å². The summed E-state index contributed by atoms with van der Waals surface area (Å²) in [5.41, 5.74) is 2.47. The number of fused-ring (bicyclic) bond motifs is 1. The number of aromatic nitrogens is 1. The first kappa shape index (κ1) is 15.1. The molecule has 1 aromatic carbocycles. The molecule has 1 aromatic heterocycles. The summed E-state index contributed by atoms with van der Waals surface area (Å²) < 4.78 is 1.76. The molecule has 21 heavy (non-hydrogen) atoms. The lowest BCUT2D eigenvalue weighted by Gasteiger charge is -2.23. The van der Waals surface area contributed by atoms with E-state index in [4.69, 9.17) is 0 Å². The summed E-state index contributed by atoms with van der Waals surface area (Å²) in [4.78, 5) is 23.4. The first-order valence-electron chi connectivity index (χ1n) is 6.89. The Morgan fingerprint density at radius 2 is 1.90 bits per heavy atom. The number of nitrogens with zero attached hydrogens (tertiary/aromatic N) is 1. The molecule has 0 fully saturated rings. The highest BCUT2D eigenvalue weighted by atomic mass is 16.4. The van der Waals surface area contributed by atoms with Crippen molar-refractivity contribution in [3.05, 3.63) is 35.5 Å². The molecule has 1 atom stereocenters. The third-order valence-corrected chi connectivity index (χ3v) is 3.64. The summed E-state index contributed by atoms with van der Waals surface area (Å²) in [6.07, 6.45) is 0. The van der Waals surface area contributed by atoms with Crippen LogP contribution in [0.5, 0.6) is 0 Å². The van der Waals surface area contributed by atoms with Gasteiger partial charge in [0.05, 0.1) is 12.0 Å². The van der Waals surface area contributed by atoms with Gasteiger partial charge in [0.1, 0.15) is 5.69 Å². The van der Waals surface area contributed by atoms with E-state index in [-0.39, 0.29) is 5.92 Å². The number of carbonyl (C=O) groups is 2. The van der Waals surface area contributed by atoms with Crippen molar-refractivity contribution in [3.63, 3.8) is 0 Å². The molecule has 0 radical (unpaired) electrons. The van der Waals surface area contributed by atoms with Gasteiger partial charge in [-0.2, -0.15) is 0 Å². The quantitative estimate of drug-likeness (QED) is 0.911. The van der Waals surface area contributed by atoms with Crippen LogP contribution in [0.4, 0.5) is 0 Å². The Morgan fingerprint density at radius 1 is 1.24 bits per heavy atom. The molecule has 0 saturated carbocycles. The second kappa shape index (κ2) is 5.60. The zero-order valence-corrected chi connectivity index (χ0v) is 12.6. The van der Waals surface area contributed by atoms with Crippen LogP contribution in [0, 0.1) is 12.8 Å². The number of rotatable bonds is 4. The van der Waals surface area contributed by atoms with E-state index in [0.29, 0.717) is 5.69 Å². The Bertz CT molecular complexity index is 701. The normalized spacial score (nSPS) is 12.6. The SMILES string of the molecule is Cc1ccc2c(c1)cc(C(=O)N[C@H](C(=O)[O-])C(C)C)n2C. The monoisotopic (exact) mass is 287 g/mol. The lowest BCUT2D eigenvalue weighted by atomic mass is 10.0. The van der Waals surface area contributed by atoms with E-state index in [1.807, 2.05) is 25.1 Å². The Morgan fingerprint density at radius 3 is 2.48 bits per heavy atom. The van der Waals surface area contributed by atoms with E-state index in [1.165, 1.54) is 0 Å². The number of hydrogen-bond donors (Lipinski definition) is 1. The van der Waals surface area contributed by atoms with Crippen molar-refractivity contribution in [2.24, 2.45) is 13.0 Å². The fourth-order valence-electron chi connectivity index (χ4n) is 2.40. The van der Waals surface area contributed by atoms with Crippen LogP contribution < -0.4 is 10.4 Å². The van der Waals surface area contributed by atoms with Crippen LogP contribution in [0.25, 0.3) is 10.9 Å². The van der Waals surface area contributed by atoms with Gasteiger partial charge >= 0.3 is 0 Å². The predicted molar refractivity (Wildman–Crippen MR) is 78.8 cm³/mol. The fourth-order valence-corrected chi connectivity index (χ4v) is 2.40. The average Bonchev–Trinajstić information content (AvgIpc) is 2.71. The van der Waals surface area contributed by atoms with Gasteiger partial charge in [-0.25, -0.2) is 0 Å². The fraction of sp³-hybridized carbons (Fsp3) is 0.375. The third-order valence-electron chi connectivity index (χ3n) is 3.64. The molecule has 0 aliphatic rings. The molecule has 2 aromatic rings. The highest BCUT2D eigenvalue weighted by molar-refractivity contribution is 6.00. The molecule has 2 rings (SSSR count). The maximum Gasteiger partial charge on any atom is 0.268 e. The van der Waals surface area contributed by atoms with Gasteiger partial charge in [0, 0.05) is 18.0 Å². The number of carbonyl (C=O) groups excluding carboxylic acids is 2. The van der Waals surface area contributed by atoms with Crippen LogP contribution in [0.1, 0.15) is 29.9 Å². The van der Waals surface area contributed by atoms with Gasteiger partial charge in [-0.3, -0.25) is 4.79 Å². The molecule has 5 heteroatoms. The van der Waals surface area contributed by atoms with Crippen molar-refractivity contribution in [3.8, 4) is 0 Å². The van der Waals surface area contributed by atoms with E-state index in [0.717, 1.165) is 16.5 Å². The summed E-state index contributed by atoms with van der Waals surface area (Å²) >= 11 is 0. The van der Waals surface area contributed by atoms with Crippen LogP contribution in [0.15, 0.2) is 24.3 Å². The standard InChI is InChI=1S/C16H20N2O3/c1-9(2)14(16(20)21)17-15(19)13-8-11-7-10(3)5-6-12(11)18(13)4/h5-9,14H,1-4H3,(H,17,19)(H,20,21)/p-1/t14-/m0/s1. The van der Waals surface area contributed by atoms with Crippen LogP contribution in [-0.2, 0) is 11.8 Å². The molecule has 1 amide bonds. The van der Waals surface area contributed by atoms with Gasteiger partial charge in [0.15, 0.2) is 0 Å². The number of nitrogens with one attached hydrogen (secondary N) is 1. The molecule has 0 aliphatic heterocycles. The van der Waals surface area contributed by atoms with Gasteiger partial charge in [-0.1, -0.05) is 25.5 Å². The summed E-state index contributed by atoms with van der Waals surface area (Å²) in [5, 5.41) is 14.6. The maximum atomic E-state index is 12.3. The van der Waals surface area contributed by atoms with Gasteiger partial charge in [-0.05, 0) is 31.0 Å². The van der Waals surface area contributed by atoms with Crippen LogP contribution in [-0.4, -0.2) is 22.5 Å². The Kier molecular flexibility index (Phi) is 4.02. The largest absolute Gasteiger partial charge is 0.548 e. The van der Waals surface area contributed by atoms with Gasteiger partial charge < -0.3 is 19.8 Å². The molecule has 112 valence electrons. The second-order valence-electron chi connectivity index (χ2n) is 5.67. The van der Waals surface area contributed by atoms with Crippen molar-refractivity contribution in [2.75, 3.05) is 0 Å². The molecular formula is C16H19N2O3-. The van der Waals surface area contributed by atoms with Crippen molar-refractivity contribution >= 4 is 22.8 Å². The van der Waals surface area contributed by atoms with E-state index in [9.17, 15) is 14.7 Å². The number of hydrogen-bond acceptors (Lipinski definition) is 3. The molecule has 0 bridgehead atoms. The maximum absolute atomic E-state index is 12.3. The minimum atomic E-state index is -1.27. The summed E-state index contributed by atoms with van der Waals surface area (Å²) in [6.45, 7) is 5.44. The number of carboxylic acid groups (broad SMARTS) is 1. The number of amides is 1. The van der Waals surface area contributed by atoms with Crippen LogP contribution in [0.3, 0.4) is 0 Å². The first-order valence-corrected chi connectivity index (χ1v) is 6.89. The van der Waals surface area contributed by atoms with E-state index < -0.39 is 17.9 Å². The van der Waals surface area contributed by atoms with Crippen molar-refractivity contribution in [1.82, 2.24) is 9.88 Å². The number of benzene rings is 1. The van der Waals surface area contributed by atoms with Gasteiger partial charge in [0.2, 0.25) is 0 Å². The average molecular weight is 287 g/mol. The second-order valence-corrected chi connectivity index (χ2v) is 5.67. The lowest BCUT2D eigenvalue weighted by Crippen LogP contribution is -2.51. The molecule has 1 N–H and O–H groups in total. The molecule has 0 spiro atoms. The lowest BCUT2D eigenvalue weighted by molar-refractivity contribution is -0.309. The Labute approximate surface area is 123 Å². The number of aliphatic carboxylic acids is 1. The van der Waals surface area contributed by atoms with E-state index in [1.54, 1.807) is 31.5 Å². The molecule has 1 heterocycles.